The molecular weight excluding hydrogens is 342 g/mol. The number of aryl methyl sites for hydroxylation is 3. The van der Waals surface area contributed by atoms with E-state index in [0.717, 1.165) is 34.9 Å². The van der Waals surface area contributed by atoms with Gasteiger partial charge in [-0.15, -0.1) is 0 Å². The third-order valence-electron chi connectivity index (χ3n) is 4.81. The molecule has 1 aliphatic rings. The van der Waals surface area contributed by atoms with Gasteiger partial charge in [0.1, 0.15) is 5.82 Å². The molecule has 8 heteroatoms. The fourth-order valence-electron chi connectivity index (χ4n) is 3.55. The lowest BCUT2D eigenvalue weighted by atomic mass is 10.2. The number of carbonyl (C=O) groups excluding carboxylic acids is 1. The van der Waals surface area contributed by atoms with E-state index in [2.05, 4.69) is 38.6 Å². The number of urea groups is 1. The number of aromatic amines is 1. The fourth-order valence-corrected chi connectivity index (χ4v) is 3.55. The van der Waals surface area contributed by atoms with Crippen molar-refractivity contribution < 1.29 is 4.79 Å². The van der Waals surface area contributed by atoms with Crippen LogP contribution < -0.4 is 5.32 Å². The molecule has 0 saturated carbocycles. The number of nitrogens with zero attached hydrogens (tertiary/aromatic N) is 5. The van der Waals surface area contributed by atoms with Gasteiger partial charge in [0.15, 0.2) is 5.82 Å². The Morgan fingerprint density at radius 1 is 1.26 bits per heavy atom. The number of anilines is 1. The second-order valence-corrected chi connectivity index (χ2v) is 7.02. The van der Waals surface area contributed by atoms with Crippen LogP contribution in [0.2, 0.25) is 0 Å². The molecule has 2 N–H and O–H groups in total. The van der Waals surface area contributed by atoms with Crippen LogP contribution in [0.15, 0.2) is 30.3 Å². The lowest BCUT2D eigenvalue weighted by Gasteiger charge is -2.18. The molecule has 2 amide bonds. The minimum Gasteiger partial charge on any atom is -0.322 e. The van der Waals surface area contributed by atoms with Gasteiger partial charge in [0, 0.05) is 30.0 Å². The highest BCUT2D eigenvalue weighted by molar-refractivity contribution is 5.90. The first-order valence-electron chi connectivity index (χ1n) is 9.08. The Morgan fingerprint density at radius 3 is 2.81 bits per heavy atom. The summed E-state index contributed by atoms with van der Waals surface area (Å²) in [4.78, 5) is 18.9. The summed E-state index contributed by atoms with van der Waals surface area (Å²) in [5.74, 6) is 1.38. The molecule has 3 aromatic rings. The van der Waals surface area contributed by atoms with Crippen LogP contribution in [0.3, 0.4) is 0 Å². The van der Waals surface area contributed by atoms with E-state index in [-0.39, 0.29) is 12.1 Å². The molecule has 1 aromatic carbocycles. The van der Waals surface area contributed by atoms with Gasteiger partial charge in [0.25, 0.3) is 0 Å². The van der Waals surface area contributed by atoms with Crippen LogP contribution >= 0.6 is 0 Å². The number of likely N-dealkylation sites (tertiary alicyclic amines) is 1. The summed E-state index contributed by atoms with van der Waals surface area (Å²) >= 11 is 0. The van der Waals surface area contributed by atoms with E-state index in [9.17, 15) is 4.79 Å². The second kappa shape index (κ2) is 6.86. The second-order valence-electron chi connectivity index (χ2n) is 7.02. The zero-order valence-corrected chi connectivity index (χ0v) is 15.7. The van der Waals surface area contributed by atoms with Gasteiger partial charge in [-0.1, -0.05) is 12.1 Å². The van der Waals surface area contributed by atoms with E-state index in [1.54, 1.807) is 0 Å². The maximum atomic E-state index is 12.7. The van der Waals surface area contributed by atoms with Gasteiger partial charge >= 0.3 is 6.03 Å². The average molecular weight is 365 g/mol. The summed E-state index contributed by atoms with van der Waals surface area (Å²) in [5, 5.41) is 14.5. The van der Waals surface area contributed by atoms with Gasteiger partial charge in [0.2, 0.25) is 0 Å². The quantitative estimate of drug-likeness (QED) is 0.746. The molecule has 1 saturated heterocycles. The van der Waals surface area contributed by atoms with E-state index in [0.29, 0.717) is 18.9 Å². The lowest BCUT2D eigenvalue weighted by Crippen LogP contribution is -2.33. The number of amides is 2. The molecule has 0 aliphatic carbocycles. The van der Waals surface area contributed by atoms with E-state index in [1.807, 2.05) is 47.7 Å². The summed E-state index contributed by atoms with van der Waals surface area (Å²) in [6.45, 7) is 7.28. The van der Waals surface area contributed by atoms with Crippen molar-refractivity contribution in [2.24, 2.45) is 0 Å². The predicted molar refractivity (Wildman–Crippen MR) is 103 cm³/mol. The molecule has 4 rings (SSSR count). The van der Waals surface area contributed by atoms with Gasteiger partial charge in [0.05, 0.1) is 11.7 Å². The fraction of sp³-hybridized carbons (Fsp3) is 0.368. The average Bonchev–Trinajstić information content (AvgIpc) is 3.35. The first-order chi connectivity index (χ1) is 13.0. The smallest absolute Gasteiger partial charge is 0.321 e. The van der Waals surface area contributed by atoms with Gasteiger partial charge in [-0.25, -0.2) is 9.78 Å². The topological polar surface area (TPSA) is 91.7 Å². The highest BCUT2D eigenvalue weighted by Crippen LogP contribution is 2.24. The van der Waals surface area contributed by atoms with Crippen molar-refractivity contribution in [2.45, 2.75) is 33.2 Å². The van der Waals surface area contributed by atoms with E-state index in [4.69, 9.17) is 0 Å². The van der Waals surface area contributed by atoms with Crippen LogP contribution in [0.1, 0.15) is 29.7 Å². The molecule has 1 atom stereocenters. The first kappa shape index (κ1) is 17.3. The van der Waals surface area contributed by atoms with Gasteiger partial charge in [-0.2, -0.15) is 10.2 Å². The summed E-state index contributed by atoms with van der Waals surface area (Å²) in [5.41, 5.74) is 3.73. The third kappa shape index (κ3) is 3.55. The monoisotopic (exact) mass is 365 g/mol. The van der Waals surface area contributed by atoms with Crippen molar-refractivity contribution >= 4 is 11.7 Å². The number of hydrogen-bond acceptors (Lipinski definition) is 4. The SMILES string of the molecule is Cc1cc(C)n(C2CCN(C(=O)Nc3cccc(-c4n[nH]c(C)n4)c3)C2)n1. The standard InChI is InChI=1S/C19H23N7O/c1-12-9-13(2)26(24-12)17-7-8-25(11-17)19(27)21-16-6-4-5-15(10-16)18-20-14(3)22-23-18/h4-6,9-10,17H,7-8,11H2,1-3H3,(H,21,27)(H,20,22,23). The number of nitrogens with one attached hydrogen (secondary N) is 2. The normalized spacial score (nSPS) is 16.7. The Labute approximate surface area is 157 Å². The first-order valence-corrected chi connectivity index (χ1v) is 9.08. The van der Waals surface area contributed by atoms with Crippen LogP contribution in [0.25, 0.3) is 11.4 Å². The maximum absolute atomic E-state index is 12.7. The van der Waals surface area contributed by atoms with Crippen molar-refractivity contribution in [1.29, 1.82) is 0 Å². The van der Waals surface area contributed by atoms with E-state index in [1.165, 1.54) is 0 Å². The summed E-state index contributed by atoms with van der Waals surface area (Å²) in [6.07, 6.45) is 0.909. The van der Waals surface area contributed by atoms with Crippen molar-refractivity contribution in [3.05, 3.63) is 47.5 Å². The van der Waals surface area contributed by atoms with Crippen LogP contribution in [0.5, 0.6) is 0 Å². The highest BCUT2D eigenvalue weighted by Gasteiger charge is 2.28. The van der Waals surface area contributed by atoms with Crippen LogP contribution in [-0.4, -0.2) is 49.0 Å². The minimum atomic E-state index is -0.0950. The molecule has 2 aromatic heterocycles. The van der Waals surface area contributed by atoms with Gasteiger partial charge < -0.3 is 10.2 Å². The maximum Gasteiger partial charge on any atom is 0.321 e. The van der Waals surface area contributed by atoms with Crippen LogP contribution in [0, 0.1) is 20.8 Å². The Balaban J connectivity index is 1.43. The Kier molecular flexibility index (Phi) is 4.39. The number of H-pyrrole nitrogens is 1. The van der Waals surface area contributed by atoms with E-state index >= 15 is 0 Å². The molecular formula is C19H23N7O. The highest BCUT2D eigenvalue weighted by atomic mass is 16.2. The predicted octanol–water partition coefficient (Wildman–Crippen LogP) is 3.07. The number of benzene rings is 1. The summed E-state index contributed by atoms with van der Waals surface area (Å²) in [6, 6.07) is 9.77. The van der Waals surface area contributed by atoms with Crippen molar-refractivity contribution in [3.63, 3.8) is 0 Å². The van der Waals surface area contributed by atoms with Crippen LogP contribution in [-0.2, 0) is 0 Å². The Bertz CT molecular complexity index is 974. The van der Waals surface area contributed by atoms with Gasteiger partial charge in [-0.3, -0.25) is 9.78 Å². The zero-order valence-electron chi connectivity index (χ0n) is 15.7. The van der Waals surface area contributed by atoms with Gasteiger partial charge in [-0.05, 0) is 45.4 Å². The third-order valence-corrected chi connectivity index (χ3v) is 4.81. The van der Waals surface area contributed by atoms with Crippen molar-refractivity contribution in [1.82, 2.24) is 29.9 Å². The molecule has 0 radical (unpaired) electrons. The summed E-state index contributed by atoms with van der Waals surface area (Å²) in [7, 11) is 0. The molecule has 1 aliphatic heterocycles. The lowest BCUT2D eigenvalue weighted by molar-refractivity contribution is 0.220. The molecule has 3 heterocycles. The molecule has 27 heavy (non-hydrogen) atoms. The van der Waals surface area contributed by atoms with Crippen molar-refractivity contribution in [3.8, 4) is 11.4 Å². The summed E-state index contributed by atoms with van der Waals surface area (Å²) < 4.78 is 2.04. The van der Waals surface area contributed by atoms with Crippen molar-refractivity contribution in [2.75, 3.05) is 18.4 Å². The molecule has 0 bridgehead atoms. The number of carbonyl (C=O) groups is 1. The molecule has 1 unspecified atom stereocenters. The Hall–Kier alpha value is -3.16. The minimum absolute atomic E-state index is 0.0950. The number of hydrogen-bond donors (Lipinski definition) is 2. The van der Waals surface area contributed by atoms with E-state index < -0.39 is 0 Å². The Morgan fingerprint density at radius 2 is 2.11 bits per heavy atom. The largest absolute Gasteiger partial charge is 0.322 e. The van der Waals surface area contributed by atoms with Crippen LogP contribution in [0.4, 0.5) is 10.5 Å². The molecule has 0 spiro atoms. The number of aromatic nitrogens is 5. The molecule has 140 valence electrons. The molecule has 1 fully saturated rings. The molecule has 8 nitrogen and oxygen atoms in total. The number of rotatable bonds is 3. The zero-order chi connectivity index (χ0) is 19.0.